The number of carbonyl (C=O) groups is 1. The highest BCUT2D eigenvalue weighted by atomic mass is 32.2. The Balaban J connectivity index is 1.42. The Morgan fingerprint density at radius 2 is 1.89 bits per heavy atom. The van der Waals surface area contributed by atoms with Crippen LogP contribution in [0.15, 0.2) is 64.6 Å². The molecule has 5 rings (SSSR count). The van der Waals surface area contributed by atoms with Gasteiger partial charge in [0.05, 0.1) is 23.5 Å². The van der Waals surface area contributed by atoms with Gasteiger partial charge in [-0.1, -0.05) is 54.2 Å². The van der Waals surface area contributed by atoms with E-state index in [4.69, 9.17) is 0 Å². The first-order valence-electron chi connectivity index (χ1n) is 9.31. The summed E-state index contributed by atoms with van der Waals surface area (Å²) in [5.41, 5.74) is 2.14. The van der Waals surface area contributed by atoms with Crippen molar-refractivity contribution in [2.45, 2.75) is 35.0 Å². The van der Waals surface area contributed by atoms with Crippen molar-refractivity contribution in [2.75, 3.05) is 16.4 Å². The quantitative estimate of drug-likeness (QED) is 0.594. The summed E-state index contributed by atoms with van der Waals surface area (Å²) in [6.45, 7) is 0. The number of amides is 1. The summed E-state index contributed by atoms with van der Waals surface area (Å²) in [4.78, 5) is 16.5. The Hall–Kier alpha value is -2.32. The van der Waals surface area contributed by atoms with Crippen LogP contribution in [0.5, 0.6) is 0 Å². The predicted molar refractivity (Wildman–Crippen MR) is 111 cm³/mol. The molecule has 1 amide bonds. The third-order valence-corrected chi connectivity index (χ3v) is 7.02. The zero-order chi connectivity index (χ0) is 18.9. The molecule has 0 radical (unpaired) electrons. The number of hydrogen-bond donors (Lipinski definition) is 0. The monoisotopic (exact) mass is 409 g/mol. The number of carbonyl (C=O) groups excluding carboxylic acids is 1. The molecule has 1 saturated carbocycles. The second-order valence-corrected chi connectivity index (χ2v) is 8.90. The lowest BCUT2D eigenvalue weighted by molar-refractivity contribution is -0.116. The van der Waals surface area contributed by atoms with Crippen molar-refractivity contribution in [3.05, 3.63) is 60.2 Å². The van der Waals surface area contributed by atoms with Crippen LogP contribution in [-0.2, 0) is 4.79 Å². The smallest absolute Gasteiger partial charge is 0.238 e. The summed E-state index contributed by atoms with van der Waals surface area (Å²) < 4.78 is 1.85. The predicted octanol–water partition coefficient (Wildman–Crippen LogP) is 3.98. The molecule has 2 aliphatic rings. The molecule has 1 aromatic heterocycles. The second-order valence-electron chi connectivity index (χ2n) is 6.89. The van der Waals surface area contributed by atoms with Crippen LogP contribution in [0.1, 0.15) is 30.5 Å². The van der Waals surface area contributed by atoms with Crippen LogP contribution in [-0.4, -0.2) is 37.6 Å². The molecule has 2 aromatic carbocycles. The molecule has 1 aliphatic heterocycles. The van der Waals surface area contributed by atoms with Crippen molar-refractivity contribution in [1.29, 1.82) is 0 Å². The van der Waals surface area contributed by atoms with Gasteiger partial charge in [0.15, 0.2) is 0 Å². The van der Waals surface area contributed by atoms with E-state index in [1.807, 2.05) is 46.0 Å². The first-order chi connectivity index (χ1) is 13.8. The molecule has 1 fully saturated rings. The van der Waals surface area contributed by atoms with Crippen molar-refractivity contribution in [1.82, 2.24) is 20.2 Å². The Kier molecular flexibility index (Phi) is 4.82. The van der Waals surface area contributed by atoms with Gasteiger partial charge in [-0.3, -0.25) is 4.79 Å². The molecule has 8 heteroatoms. The lowest BCUT2D eigenvalue weighted by Gasteiger charge is -2.37. The third-order valence-electron chi connectivity index (χ3n) is 4.97. The number of aromatic nitrogens is 4. The van der Waals surface area contributed by atoms with Gasteiger partial charge >= 0.3 is 0 Å². The first-order valence-corrected chi connectivity index (χ1v) is 11.3. The minimum Gasteiger partial charge on any atom is -0.302 e. The van der Waals surface area contributed by atoms with Crippen LogP contribution in [0.4, 0.5) is 5.69 Å². The van der Waals surface area contributed by atoms with E-state index in [2.05, 4.69) is 33.7 Å². The molecule has 2 heterocycles. The molecule has 28 heavy (non-hydrogen) atoms. The van der Waals surface area contributed by atoms with Crippen LogP contribution < -0.4 is 4.90 Å². The van der Waals surface area contributed by atoms with Crippen molar-refractivity contribution < 1.29 is 4.79 Å². The van der Waals surface area contributed by atoms with E-state index in [1.165, 1.54) is 11.8 Å². The fourth-order valence-electron chi connectivity index (χ4n) is 3.44. The summed E-state index contributed by atoms with van der Waals surface area (Å²) in [5.74, 6) is 1.24. The fraction of sp³-hybridized carbons (Fsp3) is 0.300. The highest BCUT2D eigenvalue weighted by Crippen LogP contribution is 2.43. The number of fused-ring (bicyclic) bond motifs is 1. The highest BCUT2D eigenvalue weighted by molar-refractivity contribution is 8.00. The van der Waals surface area contributed by atoms with E-state index in [9.17, 15) is 4.79 Å². The van der Waals surface area contributed by atoms with Crippen LogP contribution in [0.2, 0.25) is 0 Å². The normalized spacial score (nSPS) is 18.7. The third kappa shape index (κ3) is 3.42. The average Bonchev–Trinajstić information content (AvgIpc) is 3.49. The van der Waals surface area contributed by atoms with Crippen LogP contribution in [0, 0.1) is 0 Å². The van der Waals surface area contributed by atoms with E-state index >= 15 is 0 Å². The number of nitrogens with zero attached hydrogens (tertiary/aromatic N) is 5. The van der Waals surface area contributed by atoms with Crippen molar-refractivity contribution in [2.24, 2.45) is 0 Å². The minimum atomic E-state index is 0.0219. The van der Waals surface area contributed by atoms with Crippen molar-refractivity contribution >= 4 is 35.1 Å². The standard InChI is InChI=1S/C20H19N5OS2/c26-19(13-28-20-21-22-23-25(20)15-10-11-15)24-16-8-4-5-9-18(16)27-12-17(24)14-6-2-1-3-7-14/h1-9,15,17H,10-13H2/t17-/m1/s1. The van der Waals surface area contributed by atoms with Gasteiger partial charge < -0.3 is 4.90 Å². The zero-order valence-corrected chi connectivity index (χ0v) is 16.8. The topological polar surface area (TPSA) is 63.9 Å². The second kappa shape index (κ2) is 7.60. The summed E-state index contributed by atoms with van der Waals surface area (Å²) in [6.07, 6.45) is 2.22. The summed E-state index contributed by atoms with van der Waals surface area (Å²) in [5, 5.41) is 12.7. The molecule has 6 nitrogen and oxygen atoms in total. The van der Waals surface area contributed by atoms with Gasteiger partial charge in [-0.05, 0) is 41.0 Å². The van der Waals surface area contributed by atoms with Crippen LogP contribution >= 0.6 is 23.5 Å². The Labute approximate surface area is 171 Å². The molecular weight excluding hydrogens is 390 g/mol. The van der Waals surface area contributed by atoms with Crippen molar-refractivity contribution in [3.8, 4) is 0 Å². The summed E-state index contributed by atoms with van der Waals surface area (Å²) in [6, 6.07) is 18.8. The summed E-state index contributed by atoms with van der Waals surface area (Å²) in [7, 11) is 0. The molecule has 0 unspecified atom stereocenters. The highest BCUT2D eigenvalue weighted by Gasteiger charge is 2.33. The Morgan fingerprint density at radius 3 is 2.71 bits per heavy atom. The number of thioether (sulfide) groups is 2. The van der Waals surface area contributed by atoms with Crippen LogP contribution in [0.3, 0.4) is 0 Å². The minimum absolute atomic E-state index is 0.0219. The van der Waals surface area contributed by atoms with Gasteiger partial charge in [0, 0.05) is 10.6 Å². The van der Waals surface area contributed by atoms with E-state index in [0.29, 0.717) is 11.8 Å². The van der Waals surface area contributed by atoms with E-state index in [1.54, 1.807) is 11.8 Å². The van der Waals surface area contributed by atoms with E-state index < -0.39 is 0 Å². The number of benzene rings is 2. The van der Waals surface area contributed by atoms with Gasteiger partial charge in [-0.15, -0.1) is 16.9 Å². The van der Waals surface area contributed by atoms with Crippen LogP contribution in [0.25, 0.3) is 0 Å². The van der Waals surface area contributed by atoms with E-state index in [-0.39, 0.29) is 11.9 Å². The van der Waals surface area contributed by atoms with Gasteiger partial charge in [0.1, 0.15) is 0 Å². The first kappa shape index (κ1) is 17.8. The largest absolute Gasteiger partial charge is 0.302 e. The number of anilines is 1. The molecule has 0 bridgehead atoms. The molecule has 142 valence electrons. The molecule has 3 aromatic rings. The fourth-order valence-corrected chi connectivity index (χ4v) is 5.41. The Morgan fingerprint density at radius 1 is 1.11 bits per heavy atom. The van der Waals surface area contributed by atoms with Gasteiger partial charge in [-0.2, -0.15) is 0 Å². The molecular formula is C20H19N5OS2. The molecule has 0 N–H and O–H groups in total. The lowest BCUT2D eigenvalue weighted by atomic mass is 10.1. The maximum atomic E-state index is 13.4. The SMILES string of the molecule is O=C(CSc1nnnn1C1CC1)N1c2ccccc2SC[C@@H]1c1ccccc1. The van der Waals surface area contributed by atoms with Gasteiger partial charge in [0.2, 0.25) is 11.1 Å². The maximum absolute atomic E-state index is 13.4. The lowest BCUT2D eigenvalue weighted by Crippen LogP contribution is -2.39. The molecule has 1 atom stereocenters. The number of rotatable bonds is 5. The van der Waals surface area contributed by atoms with Crippen molar-refractivity contribution in [3.63, 3.8) is 0 Å². The summed E-state index contributed by atoms with van der Waals surface area (Å²) >= 11 is 3.23. The maximum Gasteiger partial charge on any atom is 0.238 e. The number of hydrogen-bond acceptors (Lipinski definition) is 6. The molecule has 1 aliphatic carbocycles. The molecule has 0 saturated heterocycles. The van der Waals surface area contributed by atoms with Gasteiger partial charge in [-0.25, -0.2) is 4.68 Å². The zero-order valence-electron chi connectivity index (χ0n) is 15.1. The number of para-hydroxylation sites is 1. The molecule has 0 spiro atoms. The average molecular weight is 410 g/mol. The number of tetrazole rings is 1. The van der Waals surface area contributed by atoms with Gasteiger partial charge in [0.25, 0.3) is 0 Å². The van der Waals surface area contributed by atoms with E-state index in [0.717, 1.165) is 39.9 Å². The Bertz CT molecular complexity index is 989.